The van der Waals surface area contributed by atoms with E-state index >= 15 is 0 Å². The SMILES string of the molecule is COCC(C(=O)OC)C(c1cccc2ccccc12)C(F)(F)F. The summed E-state index contributed by atoms with van der Waals surface area (Å²) >= 11 is 0. The van der Waals surface area contributed by atoms with Crippen molar-refractivity contribution in [1.29, 1.82) is 0 Å². The molecule has 0 saturated carbocycles. The van der Waals surface area contributed by atoms with Gasteiger partial charge in [0.05, 0.1) is 25.6 Å². The zero-order valence-electron chi connectivity index (χ0n) is 12.8. The summed E-state index contributed by atoms with van der Waals surface area (Å²) in [5.41, 5.74) is 0.0445. The van der Waals surface area contributed by atoms with E-state index in [-0.39, 0.29) is 12.2 Å². The molecule has 6 heteroatoms. The maximum Gasteiger partial charge on any atom is 0.396 e. The number of alkyl halides is 3. The highest BCUT2D eigenvalue weighted by molar-refractivity contribution is 5.87. The zero-order valence-corrected chi connectivity index (χ0v) is 12.8. The molecule has 0 aliphatic rings. The lowest BCUT2D eigenvalue weighted by Gasteiger charge is -2.28. The number of fused-ring (bicyclic) bond motifs is 1. The Morgan fingerprint density at radius 2 is 1.74 bits per heavy atom. The Morgan fingerprint density at radius 3 is 2.35 bits per heavy atom. The molecule has 2 rings (SSSR count). The molecule has 2 unspecified atom stereocenters. The number of hydrogen-bond acceptors (Lipinski definition) is 3. The number of methoxy groups -OCH3 is 2. The van der Waals surface area contributed by atoms with Crippen molar-refractivity contribution in [3.8, 4) is 0 Å². The van der Waals surface area contributed by atoms with Crippen LogP contribution < -0.4 is 0 Å². The predicted octanol–water partition coefficient (Wildman–Crippen LogP) is 3.92. The molecule has 0 aliphatic heterocycles. The molecule has 2 aromatic carbocycles. The molecule has 0 radical (unpaired) electrons. The van der Waals surface area contributed by atoms with Crippen LogP contribution >= 0.6 is 0 Å². The predicted molar refractivity (Wildman–Crippen MR) is 80.1 cm³/mol. The molecule has 0 N–H and O–H groups in total. The van der Waals surface area contributed by atoms with Crippen molar-refractivity contribution in [1.82, 2.24) is 0 Å². The number of hydrogen-bond donors (Lipinski definition) is 0. The lowest BCUT2D eigenvalue weighted by molar-refractivity contribution is -0.180. The Labute approximate surface area is 132 Å². The van der Waals surface area contributed by atoms with Crippen LogP contribution in [-0.2, 0) is 14.3 Å². The third-order valence-corrected chi connectivity index (χ3v) is 3.76. The van der Waals surface area contributed by atoms with Gasteiger partial charge in [-0.2, -0.15) is 13.2 Å². The molecule has 3 nitrogen and oxygen atoms in total. The Balaban J connectivity index is 2.64. The second-order valence-electron chi connectivity index (χ2n) is 5.17. The van der Waals surface area contributed by atoms with Gasteiger partial charge in [-0.25, -0.2) is 0 Å². The Bertz CT molecular complexity index is 677. The highest BCUT2D eigenvalue weighted by atomic mass is 19.4. The minimum Gasteiger partial charge on any atom is -0.469 e. The molecule has 124 valence electrons. The largest absolute Gasteiger partial charge is 0.469 e. The number of halogens is 3. The van der Waals surface area contributed by atoms with Gasteiger partial charge in [0.1, 0.15) is 0 Å². The average molecular weight is 326 g/mol. The monoisotopic (exact) mass is 326 g/mol. The van der Waals surface area contributed by atoms with Gasteiger partial charge >= 0.3 is 12.1 Å². The van der Waals surface area contributed by atoms with Crippen LogP contribution in [0, 0.1) is 5.92 Å². The van der Waals surface area contributed by atoms with E-state index in [2.05, 4.69) is 4.74 Å². The van der Waals surface area contributed by atoms with E-state index in [1.165, 1.54) is 13.2 Å². The van der Waals surface area contributed by atoms with Gasteiger partial charge in [0.2, 0.25) is 0 Å². The Hall–Kier alpha value is -2.08. The Morgan fingerprint density at radius 1 is 1.09 bits per heavy atom. The summed E-state index contributed by atoms with van der Waals surface area (Å²) < 4.78 is 50.6. The molecule has 0 bridgehead atoms. The highest BCUT2D eigenvalue weighted by Gasteiger charge is 2.49. The van der Waals surface area contributed by atoms with Crippen LogP contribution in [0.5, 0.6) is 0 Å². The summed E-state index contributed by atoms with van der Waals surface area (Å²) in [4.78, 5) is 11.9. The van der Waals surface area contributed by atoms with Gasteiger partial charge in [-0.1, -0.05) is 42.5 Å². The maximum absolute atomic E-state index is 13.7. The summed E-state index contributed by atoms with van der Waals surface area (Å²) in [5.74, 6) is -4.40. The van der Waals surface area contributed by atoms with Crippen molar-refractivity contribution < 1.29 is 27.4 Å². The number of carbonyl (C=O) groups is 1. The van der Waals surface area contributed by atoms with Crippen LogP contribution in [0.15, 0.2) is 42.5 Å². The summed E-state index contributed by atoms with van der Waals surface area (Å²) in [6.45, 7) is -0.375. The first-order chi connectivity index (χ1) is 10.9. The van der Waals surface area contributed by atoms with Crippen molar-refractivity contribution in [2.75, 3.05) is 20.8 Å². The van der Waals surface area contributed by atoms with Gasteiger partial charge < -0.3 is 9.47 Å². The van der Waals surface area contributed by atoms with E-state index in [1.54, 1.807) is 36.4 Å². The summed E-state index contributed by atoms with van der Waals surface area (Å²) in [7, 11) is 2.33. The maximum atomic E-state index is 13.7. The van der Waals surface area contributed by atoms with Crippen molar-refractivity contribution in [2.45, 2.75) is 12.1 Å². The number of carbonyl (C=O) groups excluding carboxylic acids is 1. The van der Waals surface area contributed by atoms with Crippen LogP contribution in [0.2, 0.25) is 0 Å². The molecule has 0 amide bonds. The van der Waals surface area contributed by atoms with E-state index in [0.29, 0.717) is 10.8 Å². The molecule has 2 aromatic rings. The molecule has 0 saturated heterocycles. The van der Waals surface area contributed by atoms with Gasteiger partial charge in [0.15, 0.2) is 0 Å². The molecule has 23 heavy (non-hydrogen) atoms. The zero-order chi connectivity index (χ0) is 17.0. The van der Waals surface area contributed by atoms with Crippen LogP contribution in [0.25, 0.3) is 10.8 Å². The van der Waals surface area contributed by atoms with Crippen LogP contribution in [0.1, 0.15) is 11.5 Å². The smallest absolute Gasteiger partial charge is 0.396 e. The van der Waals surface area contributed by atoms with Gasteiger partial charge in [0.25, 0.3) is 0 Å². The fourth-order valence-electron chi connectivity index (χ4n) is 2.77. The normalized spacial score (nSPS) is 14.5. The molecular formula is C17H17F3O3. The third-order valence-electron chi connectivity index (χ3n) is 3.76. The first-order valence-corrected chi connectivity index (χ1v) is 7.01. The minimum atomic E-state index is -4.61. The van der Waals surface area contributed by atoms with Gasteiger partial charge in [0, 0.05) is 7.11 Å². The Kier molecular flexibility index (Phi) is 5.26. The molecule has 0 aliphatic carbocycles. The fourth-order valence-corrected chi connectivity index (χ4v) is 2.77. The fraction of sp³-hybridized carbons (Fsp3) is 0.353. The quantitative estimate of drug-likeness (QED) is 0.781. The molecule has 2 atom stereocenters. The second kappa shape index (κ2) is 7.00. The molecule has 0 aromatic heterocycles. The second-order valence-corrected chi connectivity index (χ2v) is 5.17. The summed E-state index contributed by atoms with van der Waals surface area (Å²) in [6.07, 6.45) is -4.61. The standard InChI is InChI=1S/C17H17F3O3/c1-22-10-14(16(21)23-2)15(17(18,19)20)13-9-5-7-11-6-3-4-8-12(11)13/h3-9,14-15H,10H2,1-2H3. The number of esters is 1. The number of rotatable bonds is 5. The van der Waals surface area contributed by atoms with E-state index in [4.69, 9.17) is 4.74 Å². The van der Waals surface area contributed by atoms with Crippen LogP contribution in [0.4, 0.5) is 13.2 Å². The first kappa shape index (κ1) is 17.3. The lowest BCUT2D eigenvalue weighted by atomic mass is 9.83. The van der Waals surface area contributed by atoms with Gasteiger partial charge in [-0.15, -0.1) is 0 Å². The van der Waals surface area contributed by atoms with Gasteiger partial charge in [-0.05, 0) is 16.3 Å². The van der Waals surface area contributed by atoms with E-state index < -0.39 is 24.0 Å². The van der Waals surface area contributed by atoms with Crippen LogP contribution in [0.3, 0.4) is 0 Å². The van der Waals surface area contributed by atoms with Gasteiger partial charge in [-0.3, -0.25) is 4.79 Å². The van der Waals surface area contributed by atoms with E-state index in [0.717, 1.165) is 7.11 Å². The third kappa shape index (κ3) is 3.64. The minimum absolute atomic E-state index is 0.0445. The average Bonchev–Trinajstić information content (AvgIpc) is 2.52. The molecule has 0 spiro atoms. The van der Waals surface area contributed by atoms with Crippen LogP contribution in [-0.4, -0.2) is 33.0 Å². The molecule has 0 heterocycles. The van der Waals surface area contributed by atoms with Crippen molar-refractivity contribution in [2.24, 2.45) is 5.92 Å². The number of benzene rings is 2. The van der Waals surface area contributed by atoms with Crippen molar-refractivity contribution in [3.63, 3.8) is 0 Å². The lowest BCUT2D eigenvalue weighted by Crippen LogP contribution is -2.36. The topological polar surface area (TPSA) is 35.5 Å². The van der Waals surface area contributed by atoms with E-state index in [1.807, 2.05) is 0 Å². The molecular weight excluding hydrogens is 309 g/mol. The highest BCUT2D eigenvalue weighted by Crippen LogP contribution is 2.43. The summed E-state index contributed by atoms with van der Waals surface area (Å²) in [6, 6.07) is 11.4. The van der Waals surface area contributed by atoms with Crippen molar-refractivity contribution in [3.05, 3.63) is 48.0 Å². The van der Waals surface area contributed by atoms with E-state index in [9.17, 15) is 18.0 Å². The first-order valence-electron chi connectivity index (χ1n) is 7.01. The number of ether oxygens (including phenoxy) is 2. The molecule has 0 fully saturated rings. The van der Waals surface area contributed by atoms with Crippen molar-refractivity contribution >= 4 is 16.7 Å². The summed E-state index contributed by atoms with van der Waals surface area (Å²) in [5, 5.41) is 1.14.